The molecule has 1 aromatic heterocycles. The minimum atomic E-state index is -5.08. The number of sulfonamides is 1. The lowest BCUT2D eigenvalue weighted by atomic mass is 9.98. The fourth-order valence-corrected chi connectivity index (χ4v) is 6.95. The molecule has 0 aliphatic carbocycles. The molecular formula is C25H24ClF4N3O5S2. The van der Waals surface area contributed by atoms with Crippen LogP contribution in [-0.4, -0.2) is 53.7 Å². The van der Waals surface area contributed by atoms with E-state index in [1.165, 1.54) is 11.8 Å². The van der Waals surface area contributed by atoms with E-state index < -0.39 is 32.9 Å². The second-order valence-corrected chi connectivity index (χ2v) is 12.2. The van der Waals surface area contributed by atoms with Crippen LogP contribution < -0.4 is 9.46 Å². The molecule has 0 amide bonds. The number of carbonyl (C=O) groups is 1. The number of anilines is 1. The molecule has 1 unspecified atom stereocenters. The van der Waals surface area contributed by atoms with Crippen LogP contribution in [0.25, 0.3) is 0 Å². The molecule has 3 aromatic rings. The Morgan fingerprint density at radius 1 is 1.18 bits per heavy atom. The molecule has 8 nitrogen and oxygen atoms in total. The van der Waals surface area contributed by atoms with Gasteiger partial charge in [-0.1, -0.05) is 41.9 Å². The third kappa shape index (κ3) is 7.42. The zero-order valence-electron chi connectivity index (χ0n) is 20.6. The topological polar surface area (TPSA) is 109 Å². The van der Waals surface area contributed by atoms with Crippen LogP contribution in [0.4, 0.5) is 22.7 Å². The van der Waals surface area contributed by atoms with Crippen LogP contribution >= 0.6 is 22.9 Å². The number of carboxylic acids is 1. The van der Waals surface area contributed by atoms with E-state index in [-0.39, 0.29) is 22.0 Å². The normalized spacial score (nSPS) is 20.9. The van der Waals surface area contributed by atoms with E-state index in [0.717, 1.165) is 55.7 Å². The number of benzene rings is 2. The molecule has 2 N–H and O–H groups in total. The predicted octanol–water partition coefficient (Wildman–Crippen LogP) is 5.94. The standard InChI is InChI=1S/C23H23ClFN3O3S2.C2HF3O2/c24-19-12-22(33(29,30)27-23-26-8-9-32-23)20(25)13-21(19)31-18-10-16-6-7-17(11-18)28(16)14-15-4-2-1-3-5-15;3-2(4,5)1(6)7/h1-5,8-9,12-13,16-18H,6-7,10-11,14H2,(H,26,27);(H,6,7)/t16-,17+,18?;. The van der Waals surface area contributed by atoms with Gasteiger partial charge in [-0.15, -0.1) is 11.3 Å². The van der Waals surface area contributed by atoms with E-state index in [2.05, 4.69) is 38.9 Å². The summed E-state index contributed by atoms with van der Waals surface area (Å²) >= 11 is 7.43. The molecule has 15 heteroatoms. The van der Waals surface area contributed by atoms with Crippen LogP contribution in [0.15, 0.2) is 58.9 Å². The highest BCUT2D eigenvalue weighted by molar-refractivity contribution is 7.93. The molecule has 2 fully saturated rings. The minimum absolute atomic E-state index is 0.0648. The fourth-order valence-electron chi connectivity index (χ4n) is 4.80. The Kier molecular flexibility index (Phi) is 9.22. The zero-order chi connectivity index (χ0) is 29.1. The number of rotatable bonds is 7. The highest BCUT2D eigenvalue weighted by Gasteiger charge is 2.41. The van der Waals surface area contributed by atoms with Gasteiger partial charge in [0.25, 0.3) is 10.0 Å². The molecule has 2 saturated heterocycles. The van der Waals surface area contributed by atoms with Crippen molar-refractivity contribution in [1.82, 2.24) is 9.88 Å². The number of aromatic nitrogens is 1. The molecule has 3 atom stereocenters. The lowest BCUT2D eigenvalue weighted by molar-refractivity contribution is -0.192. The van der Waals surface area contributed by atoms with Crippen molar-refractivity contribution in [3.63, 3.8) is 0 Å². The van der Waals surface area contributed by atoms with Crippen LogP contribution in [0.3, 0.4) is 0 Å². The Bertz CT molecular complexity index is 1410. The molecule has 5 rings (SSSR count). The lowest BCUT2D eigenvalue weighted by Gasteiger charge is -2.39. The number of carboxylic acid groups (broad SMARTS) is 1. The number of aliphatic carboxylic acids is 1. The van der Waals surface area contributed by atoms with E-state index in [4.69, 9.17) is 26.2 Å². The first-order valence-electron chi connectivity index (χ1n) is 12.0. The van der Waals surface area contributed by atoms with Crippen LogP contribution in [0.2, 0.25) is 5.02 Å². The number of fused-ring (bicyclic) bond motifs is 2. The average molecular weight is 622 g/mol. The van der Waals surface area contributed by atoms with Crippen LogP contribution in [0.5, 0.6) is 5.75 Å². The van der Waals surface area contributed by atoms with E-state index in [9.17, 15) is 26.0 Å². The van der Waals surface area contributed by atoms with Crippen LogP contribution in [0.1, 0.15) is 31.2 Å². The average Bonchev–Trinajstić information content (AvgIpc) is 3.46. The summed E-state index contributed by atoms with van der Waals surface area (Å²) in [6, 6.07) is 13.4. The summed E-state index contributed by atoms with van der Waals surface area (Å²) in [6.07, 6.45) is 0.154. The summed E-state index contributed by atoms with van der Waals surface area (Å²) in [5, 5.41) is 8.97. The second-order valence-electron chi connectivity index (χ2n) is 9.21. The number of thiazole rings is 1. The van der Waals surface area contributed by atoms with Crippen molar-refractivity contribution in [2.24, 2.45) is 0 Å². The molecule has 0 radical (unpaired) electrons. The summed E-state index contributed by atoms with van der Waals surface area (Å²) in [5.74, 6) is -3.50. The van der Waals surface area contributed by atoms with Gasteiger partial charge in [0, 0.05) is 36.3 Å². The van der Waals surface area contributed by atoms with Gasteiger partial charge in [-0.3, -0.25) is 9.62 Å². The number of piperidine rings is 1. The largest absolute Gasteiger partial charge is 0.490 e. The van der Waals surface area contributed by atoms with E-state index in [1.807, 2.05) is 6.07 Å². The molecule has 2 aliphatic rings. The molecule has 0 spiro atoms. The van der Waals surface area contributed by atoms with Crippen molar-refractivity contribution in [2.75, 3.05) is 4.72 Å². The van der Waals surface area contributed by atoms with Gasteiger partial charge in [0.15, 0.2) is 5.13 Å². The van der Waals surface area contributed by atoms with Crippen LogP contribution in [0, 0.1) is 5.82 Å². The quantitative estimate of drug-likeness (QED) is 0.314. The van der Waals surface area contributed by atoms with Gasteiger partial charge in [-0.25, -0.2) is 22.6 Å². The smallest absolute Gasteiger partial charge is 0.489 e. The Balaban J connectivity index is 0.000000470. The van der Waals surface area contributed by atoms with Crippen molar-refractivity contribution in [2.45, 2.75) is 61.5 Å². The predicted molar refractivity (Wildman–Crippen MR) is 140 cm³/mol. The number of hydrogen-bond donors (Lipinski definition) is 2. The van der Waals surface area contributed by atoms with Gasteiger partial charge in [0.2, 0.25) is 0 Å². The first kappa shape index (κ1) is 30.0. The van der Waals surface area contributed by atoms with Gasteiger partial charge >= 0.3 is 12.1 Å². The molecule has 0 saturated carbocycles. The van der Waals surface area contributed by atoms with E-state index in [0.29, 0.717) is 12.1 Å². The number of halogens is 5. The third-order valence-electron chi connectivity index (χ3n) is 6.52. The highest BCUT2D eigenvalue weighted by atomic mass is 35.5. The number of nitrogens with zero attached hydrogens (tertiary/aromatic N) is 2. The van der Waals surface area contributed by atoms with Crippen molar-refractivity contribution >= 4 is 44.1 Å². The lowest BCUT2D eigenvalue weighted by Crippen LogP contribution is -2.45. The summed E-state index contributed by atoms with van der Waals surface area (Å²) in [7, 11) is -4.15. The summed E-state index contributed by atoms with van der Waals surface area (Å²) in [6.45, 7) is 0.914. The number of nitrogens with one attached hydrogen (secondary N) is 1. The summed E-state index contributed by atoms with van der Waals surface area (Å²) in [4.78, 5) is 14.8. The molecular weight excluding hydrogens is 598 g/mol. The van der Waals surface area contributed by atoms with Gasteiger partial charge < -0.3 is 9.84 Å². The van der Waals surface area contributed by atoms with Gasteiger partial charge in [-0.05, 0) is 37.3 Å². The Morgan fingerprint density at radius 3 is 2.35 bits per heavy atom. The molecule has 2 aromatic carbocycles. The SMILES string of the molecule is O=C(O)C(F)(F)F.O=S(=O)(Nc1nccs1)c1cc(Cl)c(OC2C[C@H]3CC[C@@H](C2)N3Cc2ccccc2)cc1F. The van der Waals surface area contributed by atoms with Gasteiger partial charge in [0.05, 0.1) is 5.02 Å². The zero-order valence-corrected chi connectivity index (χ0v) is 23.0. The van der Waals surface area contributed by atoms with Gasteiger partial charge in [0.1, 0.15) is 22.6 Å². The highest BCUT2D eigenvalue weighted by Crippen LogP contribution is 2.40. The Labute approximate surface area is 236 Å². The van der Waals surface area contributed by atoms with E-state index in [1.54, 1.807) is 5.38 Å². The second kappa shape index (κ2) is 12.3. The third-order valence-corrected chi connectivity index (χ3v) is 8.98. The fraction of sp³-hybridized carbons (Fsp3) is 0.360. The van der Waals surface area contributed by atoms with Gasteiger partial charge in [-0.2, -0.15) is 13.2 Å². The van der Waals surface area contributed by atoms with Crippen molar-refractivity contribution in [3.8, 4) is 5.75 Å². The summed E-state index contributed by atoms with van der Waals surface area (Å²) < 4.78 is 80.0. The number of ether oxygens (including phenoxy) is 1. The maximum atomic E-state index is 14.8. The first-order chi connectivity index (χ1) is 18.8. The molecule has 2 bridgehead atoms. The van der Waals surface area contributed by atoms with Crippen molar-refractivity contribution in [3.05, 3.63) is 70.4 Å². The van der Waals surface area contributed by atoms with Crippen molar-refractivity contribution < 1.29 is 40.6 Å². The Hall–Kier alpha value is -2.94. The molecule has 216 valence electrons. The monoisotopic (exact) mass is 621 g/mol. The minimum Gasteiger partial charge on any atom is -0.489 e. The van der Waals surface area contributed by atoms with E-state index >= 15 is 0 Å². The molecule has 40 heavy (non-hydrogen) atoms. The van der Waals surface area contributed by atoms with Crippen LogP contribution in [-0.2, 0) is 21.4 Å². The molecule has 3 heterocycles. The number of hydrogen-bond acceptors (Lipinski definition) is 7. The first-order valence-corrected chi connectivity index (χ1v) is 14.8. The summed E-state index contributed by atoms with van der Waals surface area (Å²) in [5.41, 5.74) is 1.29. The maximum Gasteiger partial charge on any atom is 0.490 e. The number of alkyl halides is 3. The van der Waals surface area contributed by atoms with Crippen molar-refractivity contribution in [1.29, 1.82) is 0 Å². The Morgan fingerprint density at radius 2 is 1.80 bits per heavy atom. The molecule has 2 aliphatic heterocycles. The maximum absolute atomic E-state index is 14.8.